The van der Waals surface area contributed by atoms with Gasteiger partial charge in [0.1, 0.15) is 0 Å². The number of rotatable bonds is 3. The first-order valence-corrected chi connectivity index (χ1v) is 11.6. The second-order valence-electron chi connectivity index (χ2n) is 9.34. The van der Waals surface area contributed by atoms with Crippen molar-refractivity contribution in [3.63, 3.8) is 0 Å². The third-order valence-corrected chi connectivity index (χ3v) is 7.05. The van der Waals surface area contributed by atoms with Crippen molar-refractivity contribution in [2.24, 2.45) is 0 Å². The molecule has 2 aliphatic rings. The van der Waals surface area contributed by atoms with Crippen LogP contribution in [-0.2, 0) is 0 Å². The minimum Gasteiger partial charge on any atom is -0.353 e. The fourth-order valence-corrected chi connectivity index (χ4v) is 4.89. The van der Waals surface area contributed by atoms with Gasteiger partial charge in [-0.25, -0.2) is 0 Å². The zero-order valence-corrected chi connectivity index (χ0v) is 19.5. The van der Waals surface area contributed by atoms with Crippen LogP contribution in [0.25, 0.3) is 33.4 Å². The molecule has 2 aliphatic carbocycles. The summed E-state index contributed by atoms with van der Waals surface area (Å²) in [5.41, 5.74) is 4.52. The fraction of sp³-hybridized carbons (Fsp3) is 0.0667. The second kappa shape index (κ2) is 7.95. The molecular weight excluding hydrogens is 488 g/mol. The third-order valence-electron chi connectivity index (χ3n) is 7.05. The summed E-state index contributed by atoms with van der Waals surface area (Å²) in [6.07, 6.45) is 0. The van der Waals surface area contributed by atoms with Gasteiger partial charge in [0.25, 0.3) is 11.6 Å². The molecule has 0 saturated carbocycles. The molecule has 0 atom stereocenters. The first-order chi connectivity index (χ1) is 18.0. The Morgan fingerprint density at radius 1 is 0.342 bits per heavy atom. The first-order valence-electron chi connectivity index (χ1n) is 11.6. The number of Topliss-reactive ketones (excluding diaryl/α,β-unsaturated/α-hetero) is 4. The Labute approximate surface area is 215 Å². The van der Waals surface area contributed by atoms with E-state index >= 15 is 0 Å². The number of hydrogen-bond acceptors (Lipinski definition) is 8. The molecule has 4 N–H and O–H groups in total. The largest absolute Gasteiger partial charge is 0.353 e. The average Bonchev–Trinajstić information content (AvgIpc) is 3.22. The molecular formula is C30H18O8. The summed E-state index contributed by atoms with van der Waals surface area (Å²) in [5.74, 6) is -10.2. The molecule has 0 unspecified atom stereocenters. The minimum absolute atomic E-state index is 0.0214. The van der Waals surface area contributed by atoms with Crippen molar-refractivity contribution in [1.29, 1.82) is 0 Å². The van der Waals surface area contributed by atoms with Crippen LogP contribution < -0.4 is 0 Å². The maximum Gasteiger partial charge on any atom is 0.295 e. The van der Waals surface area contributed by atoms with Gasteiger partial charge in [-0.15, -0.1) is 0 Å². The van der Waals surface area contributed by atoms with Crippen LogP contribution in [0.2, 0.25) is 0 Å². The number of aliphatic hydroxyl groups is 4. The molecule has 0 radical (unpaired) electrons. The van der Waals surface area contributed by atoms with Crippen LogP contribution in [0.15, 0.2) is 84.9 Å². The second-order valence-corrected chi connectivity index (χ2v) is 9.34. The lowest BCUT2D eigenvalue weighted by Crippen LogP contribution is -2.40. The van der Waals surface area contributed by atoms with E-state index in [0.29, 0.717) is 11.1 Å². The highest BCUT2D eigenvalue weighted by Gasteiger charge is 2.51. The van der Waals surface area contributed by atoms with E-state index in [1.165, 1.54) is 24.3 Å². The maximum absolute atomic E-state index is 12.2. The van der Waals surface area contributed by atoms with E-state index in [-0.39, 0.29) is 22.3 Å². The molecule has 0 bridgehead atoms. The summed E-state index contributed by atoms with van der Waals surface area (Å²) >= 11 is 0. The topological polar surface area (TPSA) is 149 Å². The van der Waals surface area contributed by atoms with Crippen LogP contribution in [0.4, 0.5) is 0 Å². The number of ketones is 4. The Morgan fingerprint density at radius 3 is 0.895 bits per heavy atom. The van der Waals surface area contributed by atoms with E-state index in [4.69, 9.17) is 0 Å². The van der Waals surface area contributed by atoms with Gasteiger partial charge in [0.15, 0.2) is 0 Å². The van der Waals surface area contributed by atoms with Crippen LogP contribution in [0, 0.1) is 0 Å². The van der Waals surface area contributed by atoms with Gasteiger partial charge in [-0.2, -0.15) is 0 Å². The predicted octanol–water partition coefficient (Wildman–Crippen LogP) is 2.81. The molecule has 0 amide bonds. The van der Waals surface area contributed by atoms with E-state index in [2.05, 4.69) is 0 Å². The van der Waals surface area contributed by atoms with Gasteiger partial charge in [0.05, 0.1) is 0 Å². The van der Waals surface area contributed by atoms with Crippen LogP contribution in [-0.4, -0.2) is 55.1 Å². The van der Waals surface area contributed by atoms with Crippen molar-refractivity contribution < 1.29 is 39.6 Å². The maximum atomic E-state index is 12.2. The summed E-state index contributed by atoms with van der Waals surface area (Å²) in [5, 5.41) is 39.0. The molecule has 0 aliphatic heterocycles. The minimum atomic E-state index is -3.02. The highest BCUT2D eigenvalue weighted by Crippen LogP contribution is 2.35. The van der Waals surface area contributed by atoms with Crippen molar-refractivity contribution in [2.45, 2.75) is 11.6 Å². The summed E-state index contributed by atoms with van der Waals surface area (Å²) in [6.45, 7) is 0. The van der Waals surface area contributed by atoms with Crippen LogP contribution in [0.3, 0.4) is 0 Å². The molecule has 186 valence electrons. The lowest BCUT2D eigenvalue weighted by atomic mass is 9.96. The molecule has 0 spiro atoms. The van der Waals surface area contributed by atoms with Crippen molar-refractivity contribution in [3.05, 3.63) is 107 Å². The van der Waals surface area contributed by atoms with Crippen molar-refractivity contribution in [2.75, 3.05) is 0 Å². The quantitative estimate of drug-likeness (QED) is 0.245. The van der Waals surface area contributed by atoms with Crippen molar-refractivity contribution >= 4 is 23.1 Å². The molecule has 0 aromatic heterocycles. The van der Waals surface area contributed by atoms with Gasteiger partial charge < -0.3 is 20.4 Å². The molecule has 8 nitrogen and oxygen atoms in total. The Morgan fingerprint density at radius 2 is 0.579 bits per heavy atom. The Kier molecular flexibility index (Phi) is 4.97. The van der Waals surface area contributed by atoms with E-state index in [1.807, 2.05) is 48.5 Å². The summed E-state index contributed by atoms with van der Waals surface area (Å²) in [4.78, 5) is 48.5. The lowest BCUT2D eigenvalue weighted by Gasteiger charge is -2.09. The molecule has 6 rings (SSSR count). The predicted molar refractivity (Wildman–Crippen MR) is 134 cm³/mol. The van der Waals surface area contributed by atoms with Gasteiger partial charge in [-0.05, 0) is 57.6 Å². The number of benzene rings is 4. The third kappa shape index (κ3) is 3.33. The fourth-order valence-electron chi connectivity index (χ4n) is 4.89. The van der Waals surface area contributed by atoms with E-state index in [0.717, 1.165) is 22.3 Å². The highest BCUT2D eigenvalue weighted by molar-refractivity contribution is 6.31. The summed E-state index contributed by atoms with van der Waals surface area (Å²) in [6, 6.07) is 24.0. The number of carbonyl (C=O) groups is 4. The first kappa shape index (κ1) is 23.8. The molecule has 38 heavy (non-hydrogen) atoms. The molecule has 4 aromatic rings. The molecule has 0 saturated heterocycles. The Balaban J connectivity index is 1.25. The van der Waals surface area contributed by atoms with Gasteiger partial charge >= 0.3 is 0 Å². The standard InChI is InChI=1S/C30H18O8/c31-25-21-11-9-19(13-23(21)27(33)29(25,35)36)17-5-1-15(2-6-17)16-3-7-18(8-4-16)20-10-12-22-24(14-20)28(34)30(37,38)26(22)32/h1-14,35-38H. The lowest BCUT2D eigenvalue weighted by molar-refractivity contribution is -0.0857. The molecule has 4 aromatic carbocycles. The number of fused-ring (bicyclic) bond motifs is 2. The molecule has 0 heterocycles. The monoisotopic (exact) mass is 506 g/mol. The Bertz CT molecular complexity index is 1580. The summed E-state index contributed by atoms with van der Waals surface area (Å²) in [7, 11) is 0. The zero-order valence-electron chi connectivity index (χ0n) is 19.5. The SMILES string of the molecule is O=C1c2ccc(-c3ccc(-c4ccc(-c5ccc6c(c5)C(=O)C(O)(O)C6=O)cc4)cc3)cc2C(=O)C1(O)O. The van der Waals surface area contributed by atoms with Crippen molar-refractivity contribution in [3.8, 4) is 33.4 Å². The number of carbonyl (C=O) groups excluding carboxylic acids is 4. The van der Waals surface area contributed by atoms with E-state index in [1.54, 1.807) is 12.1 Å². The van der Waals surface area contributed by atoms with Gasteiger partial charge in [0.2, 0.25) is 23.1 Å². The van der Waals surface area contributed by atoms with Gasteiger partial charge in [0, 0.05) is 22.3 Å². The van der Waals surface area contributed by atoms with Crippen molar-refractivity contribution in [1.82, 2.24) is 0 Å². The van der Waals surface area contributed by atoms with Gasteiger partial charge in [-0.1, -0.05) is 60.7 Å². The van der Waals surface area contributed by atoms with E-state index < -0.39 is 34.7 Å². The van der Waals surface area contributed by atoms with E-state index in [9.17, 15) is 39.6 Å². The van der Waals surface area contributed by atoms with Gasteiger partial charge in [-0.3, -0.25) is 19.2 Å². The Hall–Kier alpha value is -4.60. The summed E-state index contributed by atoms with van der Waals surface area (Å²) < 4.78 is 0. The average molecular weight is 506 g/mol. The normalized spacial score (nSPS) is 17.1. The molecule has 0 fully saturated rings. The molecule has 8 heteroatoms. The smallest absolute Gasteiger partial charge is 0.295 e. The van der Waals surface area contributed by atoms with Crippen LogP contribution in [0.1, 0.15) is 41.4 Å². The van der Waals surface area contributed by atoms with Crippen LogP contribution >= 0.6 is 0 Å². The number of hydrogen-bond donors (Lipinski definition) is 4. The van der Waals surface area contributed by atoms with Crippen LogP contribution in [0.5, 0.6) is 0 Å². The zero-order chi connectivity index (χ0) is 27.0. The highest BCUT2D eigenvalue weighted by atomic mass is 16.5.